The summed E-state index contributed by atoms with van der Waals surface area (Å²) in [6.45, 7) is 5.29. The highest BCUT2D eigenvalue weighted by Gasteiger charge is 2.21. The van der Waals surface area contributed by atoms with E-state index in [1.165, 1.54) is 36.1 Å². The Hall–Kier alpha value is -3.43. The third kappa shape index (κ3) is 4.74. The zero-order chi connectivity index (χ0) is 21.9. The number of carbonyl (C=O) groups excluding carboxylic acids is 1. The first-order valence-corrected chi connectivity index (χ1v) is 10.5. The molecule has 3 aromatic rings. The number of oxazole rings is 1. The highest BCUT2D eigenvalue weighted by atomic mass is 19.1. The molecule has 1 saturated heterocycles. The molecule has 1 fully saturated rings. The van der Waals surface area contributed by atoms with Crippen molar-refractivity contribution in [3.63, 3.8) is 0 Å². The lowest BCUT2D eigenvalue weighted by Crippen LogP contribution is -2.45. The number of fused-ring (bicyclic) bond motifs is 1. The summed E-state index contributed by atoms with van der Waals surface area (Å²) in [5, 5.41) is 2.68. The molecule has 1 aromatic heterocycles. The molecule has 166 valence electrons. The van der Waals surface area contributed by atoms with E-state index < -0.39 is 0 Å². The standard InChI is InChI=1S/C23H23FN4O4/c24-17-2-4-18(5-3-17)25-23(29)19-14-30-22(26-19)13-28-9-7-27(8-10-28)12-16-1-6-20-21(11-16)32-15-31-20/h1-6,11,14H,7-10,12-13,15H2,(H,25,29). The molecule has 2 aliphatic rings. The smallest absolute Gasteiger partial charge is 0.277 e. The van der Waals surface area contributed by atoms with Crippen LogP contribution in [-0.4, -0.2) is 53.7 Å². The number of nitrogens with one attached hydrogen (secondary N) is 1. The minimum absolute atomic E-state index is 0.200. The van der Waals surface area contributed by atoms with Crippen LogP contribution in [0.3, 0.4) is 0 Å². The predicted molar refractivity (Wildman–Crippen MR) is 114 cm³/mol. The van der Waals surface area contributed by atoms with Gasteiger partial charge < -0.3 is 19.2 Å². The Bertz CT molecular complexity index is 1090. The maximum absolute atomic E-state index is 13.0. The van der Waals surface area contributed by atoms with Crippen LogP contribution in [0.1, 0.15) is 21.9 Å². The fourth-order valence-corrected chi connectivity index (χ4v) is 3.81. The maximum Gasteiger partial charge on any atom is 0.277 e. The zero-order valence-corrected chi connectivity index (χ0v) is 17.4. The van der Waals surface area contributed by atoms with Gasteiger partial charge in [-0.15, -0.1) is 0 Å². The molecule has 0 radical (unpaired) electrons. The molecule has 8 nitrogen and oxygen atoms in total. The van der Waals surface area contributed by atoms with E-state index in [-0.39, 0.29) is 24.2 Å². The lowest BCUT2D eigenvalue weighted by Gasteiger charge is -2.34. The number of rotatable bonds is 6. The number of anilines is 1. The van der Waals surface area contributed by atoms with Crippen LogP contribution in [-0.2, 0) is 13.1 Å². The van der Waals surface area contributed by atoms with Gasteiger partial charge in [0.25, 0.3) is 5.91 Å². The van der Waals surface area contributed by atoms with Gasteiger partial charge in [-0.2, -0.15) is 0 Å². The first kappa shape index (κ1) is 20.5. The van der Waals surface area contributed by atoms with Crippen molar-refractivity contribution in [2.45, 2.75) is 13.1 Å². The molecule has 0 unspecified atom stereocenters. The molecule has 0 saturated carbocycles. The van der Waals surface area contributed by atoms with E-state index in [4.69, 9.17) is 13.9 Å². The molecule has 3 heterocycles. The molecule has 5 rings (SSSR count). The average molecular weight is 438 g/mol. The molecular formula is C23H23FN4O4. The quantitative estimate of drug-likeness (QED) is 0.633. The van der Waals surface area contributed by atoms with Crippen LogP contribution in [0, 0.1) is 5.82 Å². The molecule has 0 aliphatic carbocycles. The van der Waals surface area contributed by atoms with E-state index in [1.54, 1.807) is 0 Å². The first-order valence-electron chi connectivity index (χ1n) is 10.5. The van der Waals surface area contributed by atoms with Gasteiger partial charge in [-0.05, 0) is 42.0 Å². The summed E-state index contributed by atoms with van der Waals surface area (Å²) in [5.41, 5.74) is 1.90. The van der Waals surface area contributed by atoms with Crippen LogP contribution in [0.15, 0.2) is 53.1 Å². The van der Waals surface area contributed by atoms with Crippen molar-refractivity contribution in [1.82, 2.24) is 14.8 Å². The monoisotopic (exact) mass is 438 g/mol. The normalized spacial score (nSPS) is 16.3. The number of benzene rings is 2. The van der Waals surface area contributed by atoms with E-state index in [0.717, 1.165) is 44.2 Å². The summed E-state index contributed by atoms with van der Waals surface area (Å²) in [6, 6.07) is 11.6. The van der Waals surface area contributed by atoms with E-state index in [9.17, 15) is 9.18 Å². The Morgan fingerprint density at radius 3 is 2.47 bits per heavy atom. The van der Waals surface area contributed by atoms with Crippen molar-refractivity contribution in [3.05, 3.63) is 71.7 Å². The van der Waals surface area contributed by atoms with Crippen LogP contribution in [0.25, 0.3) is 0 Å². The van der Waals surface area contributed by atoms with Gasteiger partial charge in [0.05, 0.1) is 6.54 Å². The van der Waals surface area contributed by atoms with Crippen LogP contribution >= 0.6 is 0 Å². The van der Waals surface area contributed by atoms with Crippen molar-refractivity contribution in [2.75, 3.05) is 38.3 Å². The van der Waals surface area contributed by atoms with Crippen LogP contribution in [0.2, 0.25) is 0 Å². The second-order valence-corrected chi connectivity index (χ2v) is 7.83. The molecule has 0 bridgehead atoms. The fraction of sp³-hybridized carbons (Fsp3) is 0.304. The topological polar surface area (TPSA) is 80.1 Å². The highest BCUT2D eigenvalue weighted by molar-refractivity contribution is 6.02. The fourth-order valence-electron chi connectivity index (χ4n) is 3.81. The second kappa shape index (κ2) is 8.97. The Kier molecular flexibility index (Phi) is 5.74. The molecule has 9 heteroatoms. The van der Waals surface area contributed by atoms with E-state index >= 15 is 0 Å². The lowest BCUT2D eigenvalue weighted by molar-refractivity contribution is 0.102. The first-order chi connectivity index (χ1) is 15.6. The number of amides is 1. The van der Waals surface area contributed by atoms with Gasteiger partial charge in [0.2, 0.25) is 12.7 Å². The van der Waals surface area contributed by atoms with Crippen molar-refractivity contribution >= 4 is 11.6 Å². The van der Waals surface area contributed by atoms with Crippen LogP contribution in [0.5, 0.6) is 11.5 Å². The van der Waals surface area contributed by atoms with Gasteiger partial charge in [-0.25, -0.2) is 9.37 Å². The molecule has 1 amide bonds. The summed E-state index contributed by atoms with van der Waals surface area (Å²) in [4.78, 5) is 21.3. The number of piperazine rings is 1. The molecule has 0 atom stereocenters. The number of halogens is 1. The Balaban J connectivity index is 1.10. The zero-order valence-electron chi connectivity index (χ0n) is 17.4. The van der Waals surface area contributed by atoms with E-state index in [1.807, 2.05) is 12.1 Å². The predicted octanol–water partition coefficient (Wildman–Crippen LogP) is 3.11. The van der Waals surface area contributed by atoms with Gasteiger partial charge in [0, 0.05) is 38.4 Å². The molecule has 32 heavy (non-hydrogen) atoms. The highest BCUT2D eigenvalue weighted by Crippen LogP contribution is 2.32. The van der Waals surface area contributed by atoms with E-state index in [0.29, 0.717) is 18.1 Å². The molecule has 2 aromatic carbocycles. The van der Waals surface area contributed by atoms with Gasteiger partial charge in [0.1, 0.15) is 12.1 Å². The van der Waals surface area contributed by atoms with Crippen LogP contribution in [0.4, 0.5) is 10.1 Å². The maximum atomic E-state index is 13.0. The van der Waals surface area contributed by atoms with Crippen LogP contribution < -0.4 is 14.8 Å². The minimum Gasteiger partial charge on any atom is -0.454 e. The average Bonchev–Trinajstić information content (AvgIpc) is 3.46. The van der Waals surface area contributed by atoms with Gasteiger partial charge in [0.15, 0.2) is 17.2 Å². The summed E-state index contributed by atoms with van der Waals surface area (Å²) < 4.78 is 29.3. The largest absolute Gasteiger partial charge is 0.454 e. The number of hydrogen-bond acceptors (Lipinski definition) is 7. The van der Waals surface area contributed by atoms with Crippen molar-refractivity contribution in [1.29, 1.82) is 0 Å². The lowest BCUT2D eigenvalue weighted by atomic mass is 10.1. The summed E-state index contributed by atoms with van der Waals surface area (Å²) >= 11 is 0. The number of ether oxygens (including phenoxy) is 2. The van der Waals surface area contributed by atoms with Crippen molar-refractivity contribution in [3.8, 4) is 11.5 Å². The Morgan fingerprint density at radius 1 is 0.969 bits per heavy atom. The second-order valence-electron chi connectivity index (χ2n) is 7.83. The Morgan fingerprint density at radius 2 is 1.69 bits per heavy atom. The molecule has 1 N–H and O–H groups in total. The van der Waals surface area contributed by atoms with E-state index in [2.05, 4.69) is 26.2 Å². The molecular weight excluding hydrogens is 415 g/mol. The van der Waals surface area contributed by atoms with Gasteiger partial charge in [-0.3, -0.25) is 14.6 Å². The minimum atomic E-state index is -0.389. The molecule has 2 aliphatic heterocycles. The third-order valence-corrected chi connectivity index (χ3v) is 5.55. The SMILES string of the molecule is O=C(Nc1ccc(F)cc1)c1coc(CN2CCN(Cc3ccc4c(c3)OCO4)CC2)n1. The summed E-state index contributed by atoms with van der Waals surface area (Å²) in [6.07, 6.45) is 1.35. The number of nitrogens with zero attached hydrogens (tertiary/aromatic N) is 3. The summed E-state index contributed by atoms with van der Waals surface area (Å²) in [5.74, 6) is 1.36. The summed E-state index contributed by atoms with van der Waals surface area (Å²) in [7, 11) is 0. The van der Waals surface area contributed by atoms with Gasteiger partial charge >= 0.3 is 0 Å². The van der Waals surface area contributed by atoms with Crippen molar-refractivity contribution in [2.24, 2.45) is 0 Å². The molecule has 0 spiro atoms. The number of hydrogen-bond donors (Lipinski definition) is 1. The number of carbonyl (C=O) groups is 1. The number of aromatic nitrogens is 1. The van der Waals surface area contributed by atoms with Gasteiger partial charge in [-0.1, -0.05) is 6.07 Å². The third-order valence-electron chi connectivity index (χ3n) is 5.55. The van der Waals surface area contributed by atoms with Crippen molar-refractivity contribution < 1.29 is 23.1 Å². The Labute approximate surface area is 184 Å².